The van der Waals surface area contributed by atoms with Crippen LogP contribution in [-0.2, 0) is 7.05 Å². The Morgan fingerprint density at radius 2 is 2.07 bits per heavy atom. The molecule has 30 heavy (non-hydrogen) atoms. The average Bonchev–Trinajstić information content (AvgIpc) is 3.07. The Morgan fingerprint density at radius 3 is 2.83 bits per heavy atom. The summed E-state index contributed by atoms with van der Waals surface area (Å²) in [4.78, 5) is 19.1. The number of nitro benzene ring substituents is 1. The summed E-state index contributed by atoms with van der Waals surface area (Å²) in [5, 5.41) is 15.1. The van der Waals surface area contributed by atoms with Gasteiger partial charge in [0.2, 0.25) is 11.8 Å². The van der Waals surface area contributed by atoms with Crippen LogP contribution in [0.5, 0.6) is 5.75 Å². The maximum atomic E-state index is 14.0. The van der Waals surface area contributed by atoms with Gasteiger partial charge in [0.05, 0.1) is 22.9 Å². The van der Waals surface area contributed by atoms with Crippen LogP contribution < -0.4 is 10.1 Å². The first-order valence-corrected chi connectivity index (χ1v) is 9.23. The van der Waals surface area contributed by atoms with Crippen LogP contribution in [0.3, 0.4) is 0 Å². The SMILES string of the molecule is CCOc1cc(F)c([N+](=O)[O-])cc1Nc1nccc(-c2cn(C)c3ccccc23)n1. The standard InChI is InChI=1S/C21H18FN5O3/c1-3-30-20-10-15(22)19(27(28)29)11-17(20)25-21-23-9-8-16(24-21)14-12-26(2)18-7-5-4-6-13(14)18/h4-12H,3H2,1-2H3,(H,23,24,25). The molecule has 0 saturated heterocycles. The first kappa shape index (κ1) is 19.3. The number of aromatic nitrogens is 3. The van der Waals surface area contributed by atoms with E-state index in [0.717, 1.165) is 28.6 Å². The highest BCUT2D eigenvalue weighted by Gasteiger charge is 2.20. The van der Waals surface area contributed by atoms with Crippen LogP contribution in [-0.4, -0.2) is 26.1 Å². The van der Waals surface area contributed by atoms with Crippen LogP contribution in [0.2, 0.25) is 0 Å². The van der Waals surface area contributed by atoms with E-state index in [9.17, 15) is 14.5 Å². The minimum atomic E-state index is -0.973. The Hall–Kier alpha value is -4.01. The molecule has 2 aromatic carbocycles. The maximum absolute atomic E-state index is 14.0. The predicted octanol–water partition coefficient (Wildman–Crippen LogP) is 4.82. The molecule has 1 N–H and O–H groups in total. The first-order chi connectivity index (χ1) is 14.5. The van der Waals surface area contributed by atoms with Crippen LogP contribution in [0.15, 0.2) is 54.9 Å². The molecule has 0 aliphatic rings. The average molecular weight is 407 g/mol. The second-order valence-corrected chi connectivity index (χ2v) is 6.55. The number of hydrogen-bond donors (Lipinski definition) is 1. The zero-order chi connectivity index (χ0) is 21.3. The van der Waals surface area contributed by atoms with Crippen LogP contribution >= 0.6 is 0 Å². The first-order valence-electron chi connectivity index (χ1n) is 9.23. The zero-order valence-electron chi connectivity index (χ0n) is 16.3. The Balaban J connectivity index is 1.75. The predicted molar refractivity (Wildman–Crippen MR) is 111 cm³/mol. The monoisotopic (exact) mass is 407 g/mol. The third-order valence-corrected chi connectivity index (χ3v) is 4.62. The topological polar surface area (TPSA) is 95.1 Å². The van der Waals surface area contributed by atoms with Gasteiger partial charge < -0.3 is 14.6 Å². The molecule has 0 aliphatic carbocycles. The molecule has 0 fully saturated rings. The molecule has 4 rings (SSSR count). The van der Waals surface area contributed by atoms with E-state index in [1.165, 1.54) is 0 Å². The number of anilines is 2. The van der Waals surface area contributed by atoms with Crippen molar-refractivity contribution in [3.63, 3.8) is 0 Å². The number of fused-ring (bicyclic) bond motifs is 1. The molecule has 0 radical (unpaired) electrons. The molecular weight excluding hydrogens is 389 g/mol. The van der Waals surface area contributed by atoms with Crippen LogP contribution in [0.1, 0.15) is 6.92 Å². The number of aryl methyl sites for hydroxylation is 1. The number of benzene rings is 2. The van der Waals surface area contributed by atoms with E-state index < -0.39 is 16.4 Å². The van der Waals surface area contributed by atoms with Crippen LogP contribution in [0.25, 0.3) is 22.2 Å². The van der Waals surface area contributed by atoms with Gasteiger partial charge in [-0.05, 0) is 19.1 Å². The highest BCUT2D eigenvalue weighted by atomic mass is 19.1. The lowest BCUT2D eigenvalue weighted by Crippen LogP contribution is -2.03. The van der Waals surface area contributed by atoms with Crippen molar-refractivity contribution in [1.29, 1.82) is 0 Å². The Labute approximate surface area is 171 Å². The lowest BCUT2D eigenvalue weighted by atomic mass is 10.1. The van der Waals surface area contributed by atoms with E-state index in [2.05, 4.69) is 15.3 Å². The summed E-state index contributed by atoms with van der Waals surface area (Å²) in [5.74, 6) is -0.624. The van der Waals surface area contributed by atoms with Crippen LogP contribution in [0, 0.1) is 15.9 Å². The van der Waals surface area contributed by atoms with Crippen molar-refractivity contribution in [2.45, 2.75) is 6.92 Å². The minimum absolute atomic E-state index is 0.139. The van der Waals surface area contributed by atoms with Gasteiger partial charge in [-0.1, -0.05) is 18.2 Å². The van der Waals surface area contributed by atoms with E-state index in [4.69, 9.17) is 4.74 Å². The normalized spacial score (nSPS) is 10.9. The summed E-state index contributed by atoms with van der Waals surface area (Å²) in [6.45, 7) is 2.00. The summed E-state index contributed by atoms with van der Waals surface area (Å²) in [7, 11) is 1.96. The van der Waals surface area contributed by atoms with Crippen molar-refractivity contribution < 1.29 is 14.1 Å². The summed E-state index contributed by atoms with van der Waals surface area (Å²) in [5.41, 5.74) is 2.21. The largest absolute Gasteiger partial charge is 0.492 e. The number of nitro groups is 1. The minimum Gasteiger partial charge on any atom is -0.492 e. The van der Waals surface area contributed by atoms with Crippen molar-refractivity contribution in [3.05, 3.63) is 70.8 Å². The third-order valence-electron chi connectivity index (χ3n) is 4.62. The van der Waals surface area contributed by atoms with Gasteiger partial charge in [0, 0.05) is 48.0 Å². The summed E-state index contributed by atoms with van der Waals surface area (Å²) in [6, 6.07) is 11.8. The van der Waals surface area contributed by atoms with Gasteiger partial charge in [-0.2, -0.15) is 4.39 Å². The van der Waals surface area contributed by atoms with Gasteiger partial charge in [-0.15, -0.1) is 0 Å². The lowest BCUT2D eigenvalue weighted by molar-refractivity contribution is -0.387. The van der Waals surface area contributed by atoms with E-state index >= 15 is 0 Å². The fraction of sp³-hybridized carbons (Fsp3) is 0.143. The van der Waals surface area contributed by atoms with Crippen molar-refractivity contribution >= 4 is 28.2 Å². The second-order valence-electron chi connectivity index (χ2n) is 6.55. The number of rotatable bonds is 6. The quantitative estimate of drug-likeness (QED) is 0.364. The third kappa shape index (κ3) is 3.52. The molecule has 2 heterocycles. The molecule has 0 saturated carbocycles. The van der Waals surface area contributed by atoms with E-state index in [1.54, 1.807) is 19.2 Å². The smallest absolute Gasteiger partial charge is 0.307 e. The molecule has 0 aliphatic heterocycles. The van der Waals surface area contributed by atoms with Gasteiger partial charge in [0.1, 0.15) is 5.75 Å². The fourth-order valence-electron chi connectivity index (χ4n) is 3.29. The van der Waals surface area contributed by atoms with Crippen molar-refractivity contribution in [1.82, 2.24) is 14.5 Å². The number of para-hydroxylation sites is 1. The molecule has 4 aromatic rings. The molecule has 0 amide bonds. The summed E-state index contributed by atoms with van der Waals surface area (Å²) < 4.78 is 21.4. The number of nitrogens with one attached hydrogen (secondary N) is 1. The lowest BCUT2D eigenvalue weighted by Gasteiger charge is -2.12. The molecule has 2 aromatic heterocycles. The Bertz CT molecular complexity index is 1250. The Kier molecular flexibility index (Phi) is 5.01. The zero-order valence-corrected chi connectivity index (χ0v) is 16.3. The molecule has 0 atom stereocenters. The van der Waals surface area contributed by atoms with E-state index in [1.807, 2.05) is 42.1 Å². The Morgan fingerprint density at radius 1 is 1.27 bits per heavy atom. The fourth-order valence-corrected chi connectivity index (χ4v) is 3.29. The molecule has 0 unspecified atom stereocenters. The molecule has 0 spiro atoms. The van der Waals surface area contributed by atoms with Crippen molar-refractivity contribution in [2.75, 3.05) is 11.9 Å². The van der Waals surface area contributed by atoms with E-state index in [-0.39, 0.29) is 24.0 Å². The molecular formula is C21H18FN5O3. The van der Waals surface area contributed by atoms with Crippen molar-refractivity contribution in [2.24, 2.45) is 7.05 Å². The molecule has 8 nitrogen and oxygen atoms in total. The van der Waals surface area contributed by atoms with E-state index in [0.29, 0.717) is 5.69 Å². The van der Waals surface area contributed by atoms with Crippen LogP contribution in [0.4, 0.5) is 21.7 Å². The second kappa shape index (κ2) is 7.78. The van der Waals surface area contributed by atoms with Gasteiger partial charge in [0.15, 0.2) is 0 Å². The summed E-state index contributed by atoms with van der Waals surface area (Å²) in [6.07, 6.45) is 3.57. The number of ether oxygens (including phenoxy) is 1. The molecule has 152 valence electrons. The maximum Gasteiger partial charge on any atom is 0.307 e. The van der Waals surface area contributed by atoms with Gasteiger partial charge in [-0.3, -0.25) is 10.1 Å². The van der Waals surface area contributed by atoms with Crippen molar-refractivity contribution in [3.8, 4) is 17.0 Å². The summed E-state index contributed by atoms with van der Waals surface area (Å²) >= 11 is 0. The number of hydrogen-bond acceptors (Lipinski definition) is 6. The molecule has 0 bridgehead atoms. The van der Waals surface area contributed by atoms with Gasteiger partial charge >= 0.3 is 5.69 Å². The molecule has 9 heteroatoms. The number of nitrogens with zero attached hydrogens (tertiary/aromatic N) is 4. The number of halogens is 1. The highest BCUT2D eigenvalue weighted by molar-refractivity contribution is 5.95. The van der Waals surface area contributed by atoms with Gasteiger partial charge in [0.25, 0.3) is 0 Å². The van der Waals surface area contributed by atoms with Gasteiger partial charge in [-0.25, -0.2) is 9.97 Å². The highest BCUT2D eigenvalue weighted by Crippen LogP contribution is 2.34.